The van der Waals surface area contributed by atoms with Crippen molar-refractivity contribution in [3.05, 3.63) is 0 Å². The molecule has 2 atom stereocenters. The minimum atomic E-state index is -0.540. The Bertz CT molecular complexity index is 236. The largest absolute Gasteiger partial charge is 0.395 e. The number of rotatable bonds is 19. The second-order valence-electron chi connectivity index (χ2n) is 7.51. The van der Waals surface area contributed by atoms with Crippen LogP contribution in [0.5, 0.6) is 0 Å². The lowest BCUT2D eigenvalue weighted by Crippen LogP contribution is -2.37. The van der Waals surface area contributed by atoms with Crippen LogP contribution in [-0.4, -0.2) is 29.0 Å². The molecule has 0 unspecified atom stereocenters. The molecule has 4 N–H and O–H groups in total. The van der Waals surface area contributed by atoms with E-state index in [1.54, 1.807) is 0 Å². The Hall–Kier alpha value is -0.120. The van der Waals surface area contributed by atoms with Gasteiger partial charge in [0.2, 0.25) is 0 Å². The van der Waals surface area contributed by atoms with Gasteiger partial charge >= 0.3 is 0 Å². The fraction of sp³-hybridized carbons (Fsp3) is 1.00. The van der Waals surface area contributed by atoms with Gasteiger partial charge in [0.05, 0.1) is 18.8 Å². The van der Waals surface area contributed by atoms with Crippen LogP contribution >= 0.6 is 0 Å². The fourth-order valence-corrected chi connectivity index (χ4v) is 3.24. The first-order valence-corrected chi connectivity index (χ1v) is 10.8. The Morgan fingerprint density at radius 1 is 0.625 bits per heavy atom. The summed E-state index contributed by atoms with van der Waals surface area (Å²) in [5.74, 6) is 0. The van der Waals surface area contributed by atoms with Crippen molar-refractivity contribution >= 4 is 0 Å². The summed E-state index contributed by atoms with van der Waals surface area (Å²) >= 11 is 0. The van der Waals surface area contributed by atoms with Crippen LogP contribution in [0.2, 0.25) is 0 Å². The van der Waals surface area contributed by atoms with Crippen molar-refractivity contribution in [1.29, 1.82) is 0 Å². The quantitative estimate of drug-likeness (QED) is 0.278. The third kappa shape index (κ3) is 16.7. The summed E-state index contributed by atoms with van der Waals surface area (Å²) in [6, 6.07) is -0.471. The summed E-state index contributed by atoms with van der Waals surface area (Å²) in [6.07, 6.45) is 21.9. The zero-order valence-corrected chi connectivity index (χ0v) is 16.4. The van der Waals surface area contributed by atoms with Gasteiger partial charge in [0.25, 0.3) is 0 Å². The Kier molecular flexibility index (Phi) is 19.1. The lowest BCUT2D eigenvalue weighted by atomic mass is 10.0. The number of hydrogen-bond acceptors (Lipinski definition) is 3. The highest BCUT2D eigenvalue weighted by Crippen LogP contribution is 2.14. The van der Waals surface area contributed by atoms with Gasteiger partial charge in [-0.1, -0.05) is 110 Å². The predicted molar refractivity (Wildman–Crippen MR) is 105 cm³/mol. The minimum absolute atomic E-state index is 0.125. The standard InChI is InChI=1S/C21H45NO2/c1-2-3-4-5-6-7-8-9-10-11-12-13-14-15-16-17-18-21(24)20(22)19-23/h20-21,23-24H,2-19,22H2,1H3/t20-,21+/m0/s1. The number of unbranched alkanes of at least 4 members (excludes halogenated alkanes) is 15. The van der Waals surface area contributed by atoms with Crippen molar-refractivity contribution in [3.8, 4) is 0 Å². The molecule has 0 spiro atoms. The molecular weight excluding hydrogens is 298 g/mol. The van der Waals surface area contributed by atoms with E-state index < -0.39 is 12.1 Å². The predicted octanol–water partition coefficient (Wildman–Crippen LogP) is 5.32. The first-order chi connectivity index (χ1) is 11.7. The van der Waals surface area contributed by atoms with Gasteiger partial charge in [0.15, 0.2) is 0 Å². The second-order valence-corrected chi connectivity index (χ2v) is 7.51. The zero-order chi connectivity index (χ0) is 17.9. The molecule has 0 aliphatic carbocycles. The van der Waals surface area contributed by atoms with E-state index in [0.29, 0.717) is 0 Å². The molecule has 0 aliphatic heterocycles. The highest BCUT2D eigenvalue weighted by Gasteiger charge is 2.12. The van der Waals surface area contributed by atoms with Crippen LogP contribution < -0.4 is 5.73 Å². The monoisotopic (exact) mass is 343 g/mol. The van der Waals surface area contributed by atoms with E-state index in [1.807, 2.05) is 0 Å². The van der Waals surface area contributed by atoms with Gasteiger partial charge in [0, 0.05) is 0 Å². The van der Waals surface area contributed by atoms with Crippen molar-refractivity contribution in [2.24, 2.45) is 5.73 Å². The van der Waals surface area contributed by atoms with Gasteiger partial charge in [-0.25, -0.2) is 0 Å². The Labute approximate surface area is 151 Å². The van der Waals surface area contributed by atoms with Gasteiger partial charge in [-0.3, -0.25) is 0 Å². The Balaban J connectivity index is 3.08. The second kappa shape index (κ2) is 19.2. The first kappa shape index (κ1) is 23.9. The van der Waals surface area contributed by atoms with Crippen molar-refractivity contribution in [2.75, 3.05) is 6.61 Å². The summed E-state index contributed by atoms with van der Waals surface area (Å²) in [6.45, 7) is 2.15. The summed E-state index contributed by atoms with van der Waals surface area (Å²) < 4.78 is 0. The van der Waals surface area contributed by atoms with E-state index in [-0.39, 0.29) is 6.61 Å². The Morgan fingerprint density at radius 3 is 1.29 bits per heavy atom. The lowest BCUT2D eigenvalue weighted by molar-refractivity contribution is 0.0990. The molecule has 0 aromatic carbocycles. The molecule has 0 saturated heterocycles. The molecule has 0 radical (unpaired) electrons. The summed E-state index contributed by atoms with van der Waals surface area (Å²) in [4.78, 5) is 0. The van der Waals surface area contributed by atoms with Crippen LogP contribution in [0.15, 0.2) is 0 Å². The third-order valence-corrected chi connectivity index (χ3v) is 5.06. The van der Waals surface area contributed by atoms with Gasteiger partial charge in [-0.15, -0.1) is 0 Å². The van der Waals surface area contributed by atoms with Crippen LogP contribution in [0, 0.1) is 0 Å². The third-order valence-electron chi connectivity index (χ3n) is 5.06. The topological polar surface area (TPSA) is 66.5 Å². The van der Waals surface area contributed by atoms with E-state index in [2.05, 4.69) is 6.92 Å². The van der Waals surface area contributed by atoms with Gasteiger partial charge in [0.1, 0.15) is 0 Å². The van der Waals surface area contributed by atoms with Gasteiger partial charge in [-0.05, 0) is 6.42 Å². The molecule has 0 aromatic heterocycles. The normalized spacial score (nSPS) is 14.0. The van der Waals surface area contributed by atoms with Crippen LogP contribution in [-0.2, 0) is 0 Å². The first-order valence-electron chi connectivity index (χ1n) is 10.8. The van der Waals surface area contributed by atoms with Crippen molar-refractivity contribution in [2.45, 2.75) is 128 Å². The lowest BCUT2D eigenvalue weighted by Gasteiger charge is -2.15. The highest BCUT2D eigenvalue weighted by molar-refractivity contribution is 4.70. The van der Waals surface area contributed by atoms with Crippen LogP contribution in [0.25, 0.3) is 0 Å². The maximum atomic E-state index is 9.65. The maximum absolute atomic E-state index is 9.65. The SMILES string of the molecule is CCCCCCCCCCCCCCCCCC[C@@H](O)[C@@H](N)CO. The smallest absolute Gasteiger partial charge is 0.0713 e. The summed E-state index contributed by atoms with van der Waals surface area (Å²) in [5.41, 5.74) is 5.58. The average molecular weight is 344 g/mol. The van der Waals surface area contributed by atoms with E-state index in [9.17, 15) is 5.11 Å². The molecule has 0 aromatic rings. The molecule has 0 amide bonds. The minimum Gasteiger partial charge on any atom is -0.395 e. The molecule has 0 bridgehead atoms. The van der Waals surface area contributed by atoms with E-state index >= 15 is 0 Å². The molecule has 0 aliphatic rings. The summed E-state index contributed by atoms with van der Waals surface area (Å²) in [5, 5.41) is 18.5. The Morgan fingerprint density at radius 2 is 0.958 bits per heavy atom. The van der Waals surface area contributed by atoms with Gasteiger partial charge < -0.3 is 15.9 Å². The number of aliphatic hydroxyl groups excluding tert-OH is 2. The number of aliphatic hydroxyl groups is 2. The summed E-state index contributed by atoms with van der Waals surface area (Å²) in [7, 11) is 0. The van der Waals surface area contributed by atoms with Crippen molar-refractivity contribution < 1.29 is 10.2 Å². The molecule has 146 valence electrons. The molecule has 0 saturated carbocycles. The van der Waals surface area contributed by atoms with Crippen LogP contribution in [0.1, 0.15) is 116 Å². The van der Waals surface area contributed by atoms with E-state index in [4.69, 9.17) is 10.8 Å². The van der Waals surface area contributed by atoms with Gasteiger partial charge in [-0.2, -0.15) is 0 Å². The fourth-order valence-electron chi connectivity index (χ4n) is 3.24. The van der Waals surface area contributed by atoms with E-state index in [1.165, 1.54) is 96.3 Å². The highest BCUT2D eigenvalue weighted by atomic mass is 16.3. The molecule has 24 heavy (non-hydrogen) atoms. The van der Waals surface area contributed by atoms with Crippen LogP contribution in [0.4, 0.5) is 0 Å². The molecule has 0 rings (SSSR count). The van der Waals surface area contributed by atoms with Crippen molar-refractivity contribution in [1.82, 2.24) is 0 Å². The molecule has 0 fully saturated rings. The average Bonchev–Trinajstić information content (AvgIpc) is 2.60. The molecule has 3 heteroatoms. The molecule has 3 nitrogen and oxygen atoms in total. The van der Waals surface area contributed by atoms with Crippen LogP contribution in [0.3, 0.4) is 0 Å². The van der Waals surface area contributed by atoms with E-state index in [0.717, 1.165) is 12.8 Å². The number of hydrogen-bond donors (Lipinski definition) is 3. The number of nitrogens with two attached hydrogens (primary N) is 1. The van der Waals surface area contributed by atoms with Crippen molar-refractivity contribution in [3.63, 3.8) is 0 Å². The molecule has 0 heterocycles. The zero-order valence-electron chi connectivity index (χ0n) is 16.4. The maximum Gasteiger partial charge on any atom is 0.0713 e. The molecular formula is C21H45NO2.